The van der Waals surface area contributed by atoms with Gasteiger partial charge in [0.2, 0.25) is 5.88 Å². The summed E-state index contributed by atoms with van der Waals surface area (Å²) in [5.74, 6) is 1.56. The minimum Gasteiger partial charge on any atom is -0.474 e. The van der Waals surface area contributed by atoms with Crippen molar-refractivity contribution in [1.29, 1.82) is 0 Å². The Labute approximate surface area is 169 Å². The number of nitrogens with one attached hydrogen (secondary N) is 1. The molecule has 0 aliphatic heterocycles. The van der Waals surface area contributed by atoms with Crippen molar-refractivity contribution in [3.8, 4) is 17.1 Å². The first-order valence-electron chi connectivity index (χ1n) is 9.54. The molecular formula is C20H27N7O2. The van der Waals surface area contributed by atoms with Crippen LogP contribution in [-0.4, -0.2) is 43.3 Å². The number of anilines is 1. The number of aromatic nitrogens is 4. The summed E-state index contributed by atoms with van der Waals surface area (Å²) < 4.78 is 7.68. The summed E-state index contributed by atoms with van der Waals surface area (Å²) in [5, 5.41) is 20.0. The first-order valence-corrected chi connectivity index (χ1v) is 9.54. The average molecular weight is 397 g/mol. The highest BCUT2D eigenvalue weighted by Gasteiger charge is 2.20. The minimum atomic E-state index is -0.0203. The van der Waals surface area contributed by atoms with Gasteiger partial charge in [-0.2, -0.15) is 5.10 Å². The molecule has 0 amide bonds. The number of amidine groups is 1. The second-order valence-electron chi connectivity index (χ2n) is 7.37. The van der Waals surface area contributed by atoms with Crippen LogP contribution >= 0.6 is 0 Å². The van der Waals surface area contributed by atoms with E-state index in [0.29, 0.717) is 11.6 Å². The number of hydrogen-bond donors (Lipinski definition) is 3. The number of nitrogens with zero attached hydrogens (tertiary/aromatic N) is 5. The van der Waals surface area contributed by atoms with Gasteiger partial charge in [-0.05, 0) is 44.9 Å². The van der Waals surface area contributed by atoms with Gasteiger partial charge in [0.05, 0.1) is 35.3 Å². The molecule has 0 radical (unpaired) electrons. The van der Waals surface area contributed by atoms with Gasteiger partial charge in [-0.25, -0.2) is 14.5 Å². The first kappa shape index (κ1) is 20.4. The van der Waals surface area contributed by atoms with Gasteiger partial charge in [0, 0.05) is 6.20 Å². The predicted octanol–water partition coefficient (Wildman–Crippen LogP) is 3.17. The van der Waals surface area contributed by atoms with Crippen LogP contribution in [0.25, 0.3) is 16.8 Å². The van der Waals surface area contributed by atoms with Crippen molar-refractivity contribution in [1.82, 2.24) is 19.6 Å². The third-order valence-corrected chi connectivity index (χ3v) is 4.32. The number of nitrogens with two attached hydrogens (primary N) is 1. The van der Waals surface area contributed by atoms with E-state index in [1.54, 1.807) is 6.20 Å². The Hall–Kier alpha value is -3.36. The molecule has 0 aliphatic rings. The summed E-state index contributed by atoms with van der Waals surface area (Å²) in [6.45, 7) is 10.2. The van der Waals surface area contributed by atoms with Crippen LogP contribution in [-0.2, 0) is 0 Å². The number of rotatable bonds is 7. The van der Waals surface area contributed by atoms with Gasteiger partial charge >= 0.3 is 0 Å². The maximum atomic E-state index is 8.89. The van der Waals surface area contributed by atoms with Crippen LogP contribution in [0.5, 0.6) is 5.88 Å². The number of ether oxygens (including phenoxy) is 1. The molecule has 9 heteroatoms. The lowest BCUT2D eigenvalue weighted by Crippen LogP contribution is -2.23. The zero-order chi connectivity index (χ0) is 21.1. The molecule has 0 fully saturated rings. The van der Waals surface area contributed by atoms with Gasteiger partial charge in [0.15, 0.2) is 5.84 Å². The number of oxime groups is 1. The van der Waals surface area contributed by atoms with Gasteiger partial charge in [0.25, 0.3) is 0 Å². The normalized spacial score (nSPS) is 12.2. The fraction of sp³-hybridized carbons (Fsp3) is 0.400. The van der Waals surface area contributed by atoms with E-state index in [0.717, 1.165) is 28.3 Å². The monoisotopic (exact) mass is 397 g/mol. The van der Waals surface area contributed by atoms with E-state index in [1.807, 2.05) is 43.5 Å². The highest BCUT2D eigenvalue weighted by atomic mass is 16.5. The van der Waals surface area contributed by atoms with Gasteiger partial charge in [-0.1, -0.05) is 19.0 Å². The third kappa shape index (κ3) is 4.23. The summed E-state index contributed by atoms with van der Waals surface area (Å²) in [4.78, 5) is 9.07. The first-order chi connectivity index (χ1) is 13.8. The number of aryl methyl sites for hydroxylation is 1. The number of hydrogen-bond acceptors (Lipinski definition) is 7. The minimum absolute atomic E-state index is 0.0203. The van der Waals surface area contributed by atoms with Crippen molar-refractivity contribution >= 4 is 17.0 Å². The molecule has 3 heterocycles. The van der Waals surface area contributed by atoms with Crippen LogP contribution in [0, 0.1) is 6.92 Å². The third-order valence-electron chi connectivity index (χ3n) is 4.32. The van der Waals surface area contributed by atoms with E-state index in [1.165, 1.54) is 0 Å². The molecular weight excluding hydrogens is 370 g/mol. The maximum Gasteiger partial charge on any atom is 0.223 e. The molecule has 0 bridgehead atoms. The Bertz CT molecular complexity index is 1040. The second kappa shape index (κ2) is 8.34. The lowest BCUT2D eigenvalue weighted by Gasteiger charge is -2.15. The van der Waals surface area contributed by atoms with Crippen LogP contribution in [0.2, 0.25) is 0 Å². The largest absolute Gasteiger partial charge is 0.474 e. The van der Waals surface area contributed by atoms with Crippen molar-refractivity contribution in [3.63, 3.8) is 0 Å². The van der Waals surface area contributed by atoms with E-state index < -0.39 is 0 Å². The van der Waals surface area contributed by atoms with Crippen LogP contribution in [0.4, 0.5) is 5.69 Å². The standard InChI is InChI=1S/C20H27N7O2/c1-11(2)18-19-16(23-10-17(21)26-28)9-15(25-27(19)13(5)24-18)14-7-6-8-22-20(14)29-12(3)4/h6-9,11-12,23,28H,10H2,1-5H3,(H2,21,26). The molecule has 0 saturated heterocycles. The molecule has 0 saturated carbocycles. The Morgan fingerprint density at radius 2 is 2.10 bits per heavy atom. The second-order valence-corrected chi connectivity index (χ2v) is 7.37. The highest BCUT2D eigenvalue weighted by Crippen LogP contribution is 2.33. The Morgan fingerprint density at radius 1 is 1.34 bits per heavy atom. The molecule has 4 N–H and O–H groups in total. The zero-order valence-corrected chi connectivity index (χ0v) is 17.3. The van der Waals surface area contributed by atoms with Crippen molar-refractivity contribution in [3.05, 3.63) is 35.9 Å². The average Bonchev–Trinajstić information content (AvgIpc) is 3.03. The number of pyridine rings is 1. The summed E-state index contributed by atoms with van der Waals surface area (Å²) in [7, 11) is 0. The molecule has 3 aromatic heterocycles. The van der Waals surface area contributed by atoms with Crippen LogP contribution in [0.1, 0.15) is 45.1 Å². The molecule has 0 aromatic carbocycles. The van der Waals surface area contributed by atoms with Crippen LogP contribution in [0.3, 0.4) is 0 Å². The van der Waals surface area contributed by atoms with Crippen molar-refractivity contribution in [2.75, 3.05) is 11.9 Å². The number of fused-ring (bicyclic) bond motifs is 1. The summed E-state index contributed by atoms with van der Waals surface area (Å²) in [6.07, 6.45) is 1.67. The molecule has 9 nitrogen and oxygen atoms in total. The van der Waals surface area contributed by atoms with E-state index in [-0.39, 0.29) is 24.4 Å². The molecule has 0 unspecified atom stereocenters. The van der Waals surface area contributed by atoms with Crippen molar-refractivity contribution in [2.45, 2.75) is 46.6 Å². The van der Waals surface area contributed by atoms with Crippen LogP contribution in [0.15, 0.2) is 29.6 Å². The molecule has 29 heavy (non-hydrogen) atoms. The molecule has 154 valence electrons. The zero-order valence-electron chi connectivity index (χ0n) is 17.3. The Morgan fingerprint density at radius 3 is 2.76 bits per heavy atom. The Kier molecular flexibility index (Phi) is 5.86. The fourth-order valence-electron chi connectivity index (χ4n) is 3.05. The number of imidazole rings is 1. The van der Waals surface area contributed by atoms with E-state index in [9.17, 15) is 0 Å². The maximum absolute atomic E-state index is 8.89. The van der Waals surface area contributed by atoms with E-state index >= 15 is 0 Å². The van der Waals surface area contributed by atoms with Gasteiger partial charge in [-0.3, -0.25) is 0 Å². The summed E-state index contributed by atoms with van der Waals surface area (Å²) in [6, 6.07) is 5.68. The SMILES string of the molecule is Cc1nc(C(C)C)c2c(NC/C(N)=N\O)cc(-c3cccnc3OC(C)C)nn12. The highest BCUT2D eigenvalue weighted by molar-refractivity contribution is 5.87. The van der Waals surface area contributed by atoms with E-state index in [2.05, 4.69) is 29.3 Å². The summed E-state index contributed by atoms with van der Waals surface area (Å²) >= 11 is 0. The molecule has 3 aromatic rings. The van der Waals surface area contributed by atoms with Gasteiger partial charge in [0.1, 0.15) is 11.3 Å². The smallest absolute Gasteiger partial charge is 0.223 e. The van der Waals surface area contributed by atoms with E-state index in [4.69, 9.17) is 25.8 Å². The predicted molar refractivity (Wildman–Crippen MR) is 113 cm³/mol. The van der Waals surface area contributed by atoms with Crippen molar-refractivity contribution < 1.29 is 9.94 Å². The topological polar surface area (TPSA) is 123 Å². The lowest BCUT2D eigenvalue weighted by atomic mass is 10.1. The molecule has 0 atom stereocenters. The van der Waals surface area contributed by atoms with Crippen molar-refractivity contribution in [2.24, 2.45) is 10.9 Å². The molecule has 0 spiro atoms. The summed E-state index contributed by atoms with van der Waals surface area (Å²) in [5.41, 5.74) is 9.69. The van der Waals surface area contributed by atoms with Gasteiger partial charge < -0.3 is 21.0 Å². The molecule has 3 rings (SSSR count). The Balaban J connectivity index is 2.21. The molecule has 0 aliphatic carbocycles. The van der Waals surface area contributed by atoms with Crippen LogP contribution < -0.4 is 15.8 Å². The van der Waals surface area contributed by atoms with Gasteiger partial charge in [-0.15, -0.1) is 0 Å². The quantitative estimate of drug-likeness (QED) is 0.242. The fourth-order valence-corrected chi connectivity index (χ4v) is 3.05. The lowest BCUT2D eigenvalue weighted by molar-refractivity contribution is 0.234.